The molecule has 1 aromatic heterocycles. The van der Waals surface area contributed by atoms with Crippen molar-refractivity contribution >= 4 is 38.6 Å². The lowest BCUT2D eigenvalue weighted by molar-refractivity contribution is -0.116. The number of benzene rings is 2. The van der Waals surface area contributed by atoms with Crippen LogP contribution in [-0.4, -0.2) is 10.9 Å². The number of hydrogen-bond donors (Lipinski definition) is 1. The Hall–Kier alpha value is -2.14. The number of para-hydroxylation sites is 2. The third-order valence-corrected chi connectivity index (χ3v) is 3.86. The minimum absolute atomic E-state index is 0.0484. The second-order valence-electron chi connectivity index (χ2n) is 5.08. The fourth-order valence-electron chi connectivity index (χ4n) is 2.23. The number of aryl methyl sites for hydroxylation is 2. The summed E-state index contributed by atoms with van der Waals surface area (Å²) in [5, 5.41) is 2.91. The van der Waals surface area contributed by atoms with E-state index >= 15 is 0 Å². The van der Waals surface area contributed by atoms with Gasteiger partial charge in [0.15, 0.2) is 11.5 Å². The van der Waals surface area contributed by atoms with Crippen molar-refractivity contribution in [2.45, 2.75) is 19.8 Å². The maximum absolute atomic E-state index is 12.0. The van der Waals surface area contributed by atoms with E-state index in [1.54, 1.807) is 0 Å². The average molecular weight is 359 g/mol. The molecule has 0 saturated carbocycles. The van der Waals surface area contributed by atoms with Gasteiger partial charge in [-0.3, -0.25) is 4.79 Å². The fraction of sp³-hybridized carbons (Fsp3) is 0.176. The Morgan fingerprint density at radius 2 is 2.09 bits per heavy atom. The lowest BCUT2D eigenvalue weighted by Crippen LogP contribution is -2.13. The van der Waals surface area contributed by atoms with Crippen molar-refractivity contribution in [3.8, 4) is 0 Å². The summed E-state index contributed by atoms with van der Waals surface area (Å²) in [7, 11) is 0. The van der Waals surface area contributed by atoms with Crippen LogP contribution in [0.25, 0.3) is 11.1 Å². The van der Waals surface area contributed by atoms with Crippen LogP contribution in [0, 0.1) is 6.92 Å². The van der Waals surface area contributed by atoms with Crippen molar-refractivity contribution in [3.05, 3.63) is 58.4 Å². The van der Waals surface area contributed by atoms with E-state index in [4.69, 9.17) is 4.42 Å². The largest absolute Gasteiger partial charge is 0.441 e. The van der Waals surface area contributed by atoms with Gasteiger partial charge in [0, 0.05) is 23.0 Å². The van der Waals surface area contributed by atoms with Gasteiger partial charge in [0.1, 0.15) is 5.52 Å². The molecular formula is C17H15BrN2O2. The van der Waals surface area contributed by atoms with E-state index in [0.29, 0.717) is 18.7 Å². The van der Waals surface area contributed by atoms with Gasteiger partial charge in [0.05, 0.1) is 0 Å². The maximum atomic E-state index is 12.0. The molecular weight excluding hydrogens is 344 g/mol. The summed E-state index contributed by atoms with van der Waals surface area (Å²) in [5.41, 5.74) is 3.42. The minimum Gasteiger partial charge on any atom is -0.441 e. The summed E-state index contributed by atoms with van der Waals surface area (Å²) in [6, 6.07) is 13.3. The molecule has 3 aromatic rings. The molecule has 0 aliphatic rings. The highest BCUT2D eigenvalue weighted by atomic mass is 79.9. The van der Waals surface area contributed by atoms with Crippen LogP contribution >= 0.6 is 15.9 Å². The monoisotopic (exact) mass is 358 g/mol. The first kappa shape index (κ1) is 14.8. The van der Waals surface area contributed by atoms with Crippen LogP contribution in [0.15, 0.2) is 51.4 Å². The lowest BCUT2D eigenvalue weighted by Gasteiger charge is -2.08. The number of oxazole rings is 1. The molecule has 0 aliphatic heterocycles. The van der Waals surface area contributed by atoms with Crippen LogP contribution in [0.3, 0.4) is 0 Å². The number of carbonyl (C=O) groups excluding carboxylic acids is 1. The van der Waals surface area contributed by atoms with Gasteiger partial charge in [-0.1, -0.05) is 28.1 Å². The fourth-order valence-corrected chi connectivity index (χ4v) is 2.70. The molecule has 0 saturated heterocycles. The molecule has 0 atom stereocenters. The van der Waals surface area contributed by atoms with Crippen molar-refractivity contribution in [2.24, 2.45) is 0 Å². The second-order valence-corrected chi connectivity index (χ2v) is 6.00. The van der Waals surface area contributed by atoms with Gasteiger partial charge in [-0.05, 0) is 42.8 Å². The average Bonchev–Trinajstić information content (AvgIpc) is 2.91. The zero-order valence-electron chi connectivity index (χ0n) is 12.1. The number of aromatic nitrogens is 1. The van der Waals surface area contributed by atoms with Gasteiger partial charge in [-0.25, -0.2) is 4.98 Å². The van der Waals surface area contributed by atoms with Crippen LogP contribution < -0.4 is 5.32 Å². The first-order chi connectivity index (χ1) is 10.6. The summed E-state index contributed by atoms with van der Waals surface area (Å²) >= 11 is 3.41. The molecule has 0 bridgehead atoms. The molecule has 1 heterocycles. The van der Waals surface area contributed by atoms with E-state index in [-0.39, 0.29) is 5.91 Å². The van der Waals surface area contributed by atoms with Crippen LogP contribution in [-0.2, 0) is 11.2 Å². The molecule has 2 aromatic carbocycles. The predicted molar refractivity (Wildman–Crippen MR) is 89.8 cm³/mol. The van der Waals surface area contributed by atoms with Gasteiger partial charge in [0.25, 0.3) is 0 Å². The van der Waals surface area contributed by atoms with Gasteiger partial charge in [-0.2, -0.15) is 0 Å². The Morgan fingerprint density at radius 1 is 1.27 bits per heavy atom. The van der Waals surface area contributed by atoms with E-state index in [1.807, 2.05) is 49.4 Å². The van der Waals surface area contributed by atoms with Crippen molar-refractivity contribution < 1.29 is 9.21 Å². The Balaban J connectivity index is 1.62. The summed E-state index contributed by atoms with van der Waals surface area (Å²) in [5.74, 6) is 0.538. The number of fused-ring (bicyclic) bond motifs is 1. The number of amides is 1. The summed E-state index contributed by atoms with van der Waals surface area (Å²) in [4.78, 5) is 16.4. The van der Waals surface area contributed by atoms with Gasteiger partial charge in [0.2, 0.25) is 5.91 Å². The Labute approximate surface area is 136 Å². The van der Waals surface area contributed by atoms with Crippen LogP contribution in [0.1, 0.15) is 17.9 Å². The van der Waals surface area contributed by atoms with Crippen LogP contribution in [0.4, 0.5) is 5.69 Å². The van der Waals surface area contributed by atoms with E-state index in [0.717, 1.165) is 26.8 Å². The second kappa shape index (κ2) is 6.32. The number of nitrogens with one attached hydrogen (secondary N) is 1. The zero-order valence-corrected chi connectivity index (χ0v) is 13.7. The highest BCUT2D eigenvalue weighted by Gasteiger charge is 2.09. The number of hydrogen-bond acceptors (Lipinski definition) is 3. The van der Waals surface area contributed by atoms with Crippen LogP contribution in [0.5, 0.6) is 0 Å². The lowest BCUT2D eigenvalue weighted by atomic mass is 10.2. The summed E-state index contributed by atoms with van der Waals surface area (Å²) in [6.07, 6.45) is 0.818. The van der Waals surface area contributed by atoms with Crippen molar-refractivity contribution in [3.63, 3.8) is 0 Å². The molecule has 1 N–H and O–H groups in total. The van der Waals surface area contributed by atoms with Gasteiger partial charge < -0.3 is 9.73 Å². The van der Waals surface area contributed by atoms with Gasteiger partial charge >= 0.3 is 0 Å². The highest BCUT2D eigenvalue weighted by Crippen LogP contribution is 2.20. The van der Waals surface area contributed by atoms with Crippen molar-refractivity contribution in [1.29, 1.82) is 0 Å². The molecule has 0 unspecified atom stereocenters. The minimum atomic E-state index is -0.0484. The Kier molecular flexibility index (Phi) is 4.24. The van der Waals surface area contributed by atoms with E-state index in [1.165, 1.54) is 0 Å². The molecule has 0 radical (unpaired) electrons. The molecule has 1 amide bonds. The normalized spacial score (nSPS) is 10.8. The maximum Gasteiger partial charge on any atom is 0.224 e. The first-order valence-electron chi connectivity index (χ1n) is 7.02. The number of halogens is 1. The molecule has 3 rings (SSSR count). The first-order valence-corrected chi connectivity index (χ1v) is 7.81. The third-order valence-electron chi connectivity index (χ3n) is 3.37. The highest BCUT2D eigenvalue weighted by molar-refractivity contribution is 9.10. The predicted octanol–water partition coefficient (Wildman–Crippen LogP) is 4.47. The molecule has 0 spiro atoms. The number of anilines is 1. The Bertz CT molecular complexity index is 793. The third kappa shape index (κ3) is 3.36. The Morgan fingerprint density at radius 3 is 2.86 bits per heavy atom. The number of carbonyl (C=O) groups is 1. The quantitative estimate of drug-likeness (QED) is 0.748. The molecule has 22 heavy (non-hydrogen) atoms. The SMILES string of the molecule is Cc1cc(Br)ccc1NC(=O)CCc1nc2ccccc2o1. The molecule has 5 heteroatoms. The number of rotatable bonds is 4. The van der Waals surface area contributed by atoms with E-state index in [9.17, 15) is 4.79 Å². The van der Waals surface area contributed by atoms with E-state index < -0.39 is 0 Å². The molecule has 112 valence electrons. The molecule has 4 nitrogen and oxygen atoms in total. The topological polar surface area (TPSA) is 55.1 Å². The van der Waals surface area contributed by atoms with Crippen molar-refractivity contribution in [1.82, 2.24) is 4.98 Å². The smallest absolute Gasteiger partial charge is 0.224 e. The van der Waals surface area contributed by atoms with E-state index in [2.05, 4.69) is 26.2 Å². The van der Waals surface area contributed by atoms with Crippen molar-refractivity contribution in [2.75, 3.05) is 5.32 Å². The van der Waals surface area contributed by atoms with Gasteiger partial charge in [-0.15, -0.1) is 0 Å². The molecule has 0 fully saturated rings. The summed E-state index contributed by atoms with van der Waals surface area (Å²) in [6.45, 7) is 1.96. The standard InChI is InChI=1S/C17H15BrN2O2/c1-11-10-12(18)6-7-13(11)19-16(21)8-9-17-20-14-4-2-3-5-15(14)22-17/h2-7,10H,8-9H2,1H3,(H,19,21). The number of nitrogens with zero attached hydrogens (tertiary/aromatic N) is 1. The van der Waals surface area contributed by atoms with Crippen LogP contribution in [0.2, 0.25) is 0 Å². The summed E-state index contributed by atoms with van der Waals surface area (Å²) < 4.78 is 6.61. The zero-order chi connectivity index (χ0) is 15.5. The molecule has 0 aliphatic carbocycles.